The Morgan fingerprint density at radius 3 is 2.71 bits per heavy atom. The monoisotopic (exact) mass is 237 g/mol. The molecule has 0 radical (unpaired) electrons. The standard InChI is InChI=1S/C12H23N5/c1-10(2)17(9-6-12(13)14)8-5-11-4-7-15-16(11)3/h4,7,10H,5-6,8-9H2,1-3H3,(H3,13,14). The lowest BCUT2D eigenvalue weighted by Gasteiger charge is -2.26. The molecule has 1 rings (SSSR count). The summed E-state index contributed by atoms with van der Waals surface area (Å²) in [6, 6.07) is 2.52. The minimum Gasteiger partial charge on any atom is -0.388 e. The topological polar surface area (TPSA) is 70.9 Å². The number of aromatic nitrogens is 2. The van der Waals surface area contributed by atoms with Gasteiger partial charge in [0.1, 0.15) is 0 Å². The molecule has 0 amide bonds. The van der Waals surface area contributed by atoms with Crippen LogP contribution in [0.3, 0.4) is 0 Å². The van der Waals surface area contributed by atoms with Crippen LogP contribution in [0.25, 0.3) is 0 Å². The van der Waals surface area contributed by atoms with Gasteiger partial charge in [0, 0.05) is 50.9 Å². The highest BCUT2D eigenvalue weighted by Crippen LogP contribution is 2.04. The van der Waals surface area contributed by atoms with E-state index in [4.69, 9.17) is 11.1 Å². The third-order valence-electron chi connectivity index (χ3n) is 2.98. The van der Waals surface area contributed by atoms with Crippen LogP contribution in [-0.2, 0) is 13.5 Å². The first-order valence-electron chi connectivity index (χ1n) is 6.04. The van der Waals surface area contributed by atoms with Crippen molar-refractivity contribution in [2.24, 2.45) is 12.8 Å². The lowest BCUT2D eigenvalue weighted by molar-refractivity contribution is 0.229. The third-order valence-corrected chi connectivity index (χ3v) is 2.98. The summed E-state index contributed by atoms with van der Waals surface area (Å²) < 4.78 is 1.91. The van der Waals surface area contributed by atoms with Crippen LogP contribution in [0.4, 0.5) is 0 Å². The van der Waals surface area contributed by atoms with Crippen LogP contribution in [0.5, 0.6) is 0 Å². The van der Waals surface area contributed by atoms with Crippen molar-refractivity contribution in [3.05, 3.63) is 18.0 Å². The molecular weight excluding hydrogens is 214 g/mol. The first kappa shape index (κ1) is 13.7. The first-order chi connectivity index (χ1) is 8.00. The van der Waals surface area contributed by atoms with E-state index in [0.29, 0.717) is 12.5 Å². The molecule has 0 spiro atoms. The Bertz CT molecular complexity index is 356. The highest BCUT2D eigenvalue weighted by molar-refractivity contribution is 5.76. The molecule has 96 valence electrons. The second-order valence-corrected chi connectivity index (χ2v) is 4.60. The highest BCUT2D eigenvalue weighted by Gasteiger charge is 2.10. The van der Waals surface area contributed by atoms with Crippen LogP contribution in [0.2, 0.25) is 0 Å². The molecule has 0 saturated carbocycles. The predicted octanol–water partition coefficient (Wildman–Crippen LogP) is 0.999. The lowest BCUT2D eigenvalue weighted by Crippen LogP contribution is -2.35. The molecule has 1 aromatic rings. The van der Waals surface area contributed by atoms with Crippen molar-refractivity contribution in [1.29, 1.82) is 5.41 Å². The van der Waals surface area contributed by atoms with Crippen LogP contribution >= 0.6 is 0 Å². The molecule has 1 heterocycles. The molecule has 0 aliphatic carbocycles. The number of hydrogen-bond donors (Lipinski definition) is 2. The van der Waals surface area contributed by atoms with Crippen molar-refractivity contribution in [3.8, 4) is 0 Å². The Morgan fingerprint density at radius 1 is 1.53 bits per heavy atom. The molecule has 5 heteroatoms. The van der Waals surface area contributed by atoms with Gasteiger partial charge in [0.2, 0.25) is 0 Å². The van der Waals surface area contributed by atoms with Crippen molar-refractivity contribution in [2.75, 3.05) is 13.1 Å². The molecule has 17 heavy (non-hydrogen) atoms. The highest BCUT2D eigenvalue weighted by atomic mass is 15.3. The Kier molecular flexibility index (Phi) is 5.15. The summed E-state index contributed by atoms with van der Waals surface area (Å²) in [5.41, 5.74) is 6.63. The number of amidine groups is 1. The molecule has 5 nitrogen and oxygen atoms in total. The Labute approximate surface area is 103 Å². The average molecular weight is 237 g/mol. The van der Waals surface area contributed by atoms with E-state index in [2.05, 4.69) is 23.8 Å². The predicted molar refractivity (Wildman–Crippen MR) is 70.2 cm³/mol. The van der Waals surface area contributed by atoms with Gasteiger partial charge in [-0.15, -0.1) is 0 Å². The van der Waals surface area contributed by atoms with Gasteiger partial charge in [0.15, 0.2) is 0 Å². The van der Waals surface area contributed by atoms with E-state index in [1.807, 2.05) is 24.0 Å². The fraction of sp³-hybridized carbons (Fsp3) is 0.667. The molecule has 1 aromatic heterocycles. The average Bonchev–Trinajstić information content (AvgIpc) is 2.63. The summed E-state index contributed by atoms with van der Waals surface area (Å²) >= 11 is 0. The molecule has 0 bridgehead atoms. The Morgan fingerprint density at radius 2 is 2.24 bits per heavy atom. The summed E-state index contributed by atoms with van der Waals surface area (Å²) in [7, 11) is 1.96. The summed E-state index contributed by atoms with van der Waals surface area (Å²) in [5, 5.41) is 11.4. The molecule has 0 unspecified atom stereocenters. The van der Waals surface area contributed by atoms with Crippen LogP contribution in [0, 0.1) is 5.41 Å². The van der Waals surface area contributed by atoms with E-state index >= 15 is 0 Å². The Hall–Kier alpha value is -1.36. The van der Waals surface area contributed by atoms with Gasteiger partial charge < -0.3 is 10.6 Å². The zero-order valence-electron chi connectivity index (χ0n) is 11.0. The summed E-state index contributed by atoms with van der Waals surface area (Å²) in [6.45, 7) is 6.17. The maximum absolute atomic E-state index is 7.27. The molecule has 0 saturated heterocycles. The zero-order valence-corrected chi connectivity index (χ0v) is 11.0. The SMILES string of the molecule is CC(C)N(CCC(=N)N)CCc1ccnn1C. The first-order valence-corrected chi connectivity index (χ1v) is 6.04. The molecule has 0 atom stereocenters. The minimum absolute atomic E-state index is 0.260. The van der Waals surface area contributed by atoms with Crippen molar-refractivity contribution < 1.29 is 0 Å². The Balaban J connectivity index is 2.44. The van der Waals surface area contributed by atoms with E-state index in [9.17, 15) is 0 Å². The lowest BCUT2D eigenvalue weighted by atomic mass is 10.2. The smallest absolute Gasteiger partial charge is 0.0918 e. The molecule has 0 fully saturated rings. The van der Waals surface area contributed by atoms with Gasteiger partial charge in [0.05, 0.1) is 5.84 Å². The van der Waals surface area contributed by atoms with E-state index < -0.39 is 0 Å². The van der Waals surface area contributed by atoms with E-state index in [1.54, 1.807) is 0 Å². The molecule has 0 aliphatic rings. The summed E-state index contributed by atoms with van der Waals surface area (Å²) in [5.74, 6) is 0.260. The van der Waals surface area contributed by atoms with E-state index in [1.165, 1.54) is 5.69 Å². The third kappa shape index (κ3) is 4.56. The maximum atomic E-state index is 7.27. The molecule has 0 aliphatic heterocycles. The number of nitrogens with two attached hydrogens (primary N) is 1. The maximum Gasteiger partial charge on any atom is 0.0918 e. The van der Waals surface area contributed by atoms with E-state index in [0.717, 1.165) is 19.5 Å². The van der Waals surface area contributed by atoms with Crippen molar-refractivity contribution in [3.63, 3.8) is 0 Å². The van der Waals surface area contributed by atoms with Gasteiger partial charge in [-0.3, -0.25) is 10.1 Å². The fourth-order valence-corrected chi connectivity index (χ4v) is 1.80. The normalized spacial score (nSPS) is 11.4. The van der Waals surface area contributed by atoms with Gasteiger partial charge in [-0.2, -0.15) is 5.10 Å². The van der Waals surface area contributed by atoms with Crippen LogP contribution in [-0.4, -0.2) is 39.6 Å². The summed E-state index contributed by atoms with van der Waals surface area (Å²) in [4.78, 5) is 2.34. The molecule has 0 aromatic carbocycles. The number of hydrogen-bond acceptors (Lipinski definition) is 3. The van der Waals surface area contributed by atoms with Gasteiger partial charge >= 0.3 is 0 Å². The largest absolute Gasteiger partial charge is 0.388 e. The van der Waals surface area contributed by atoms with Crippen LogP contribution < -0.4 is 5.73 Å². The quantitative estimate of drug-likeness (QED) is 0.549. The molecule has 3 N–H and O–H groups in total. The van der Waals surface area contributed by atoms with Crippen molar-refractivity contribution in [1.82, 2.24) is 14.7 Å². The second-order valence-electron chi connectivity index (χ2n) is 4.60. The van der Waals surface area contributed by atoms with Crippen molar-refractivity contribution in [2.45, 2.75) is 32.7 Å². The second kappa shape index (κ2) is 6.39. The van der Waals surface area contributed by atoms with Gasteiger partial charge in [-0.1, -0.05) is 0 Å². The van der Waals surface area contributed by atoms with Crippen LogP contribution in [0.15, 0.2) is 12.3 Å². The van der Waals surface area contributed by atoms with Gasteiger partial charge in [0.25, 0.3) is 0 Å². The van der Waals surface area contributed by atoms with Gasteiger partial charge in [-0.05, 0) is 19.9 Å². The minimum atomic E-state index is 0.260. The van der Waals surface area contributed by atoms with E-state index in [-0.39, 0.29) is 5.84 Å². The number of nitrogens with one attached hydrogen (secondary N) is 1. The number of nitrogens with zero attached hydrogens (tertiary/aromatic N) is 3. The fourth-order valence-electron chi connectivity index (χ4n) is 1.80. The van der Waals surface area contributed by atoms with Gasteiger partial charge in [-0.25, -0.2) is 0 Å². The molecular formula is C12H23N5. The number of rotatable bonds is 7. The van der Waals surface area contributed by atoms with Crippen LogP contribution in [0.1, 0.15) is 26.0 Å². The zero-order chi connectivity index (χ0) is 12.8. The summed E-state index contributed by atoms with van der Waals surface area (Å²) in [6.07, 6.45) is 3.45. The van der Waals surface area contributed by atoms with Crippen molar-refractivity contribution >= 4 is 5.84 Å². The number of aryl methyl sites for hydroxylation is 1.